The number of anilines is 1. The predicted molar refractivity (Wildman–Crippen MR) is 131 cm³/mol. The van der Waals surface area contributed by atoms with Gasteiger partial charge < -0.3 is 10.3 Å². The standard InChI is InChI=1S/C25H26N4O2S/c1-4-29-24(31)23-22(20(14-26-23)18-8-6-5-7-9-18)28-25(29)32-15-21(30)27-19-12-10-17(11-13-19)16(2)3/h5-14,16,26H,4,15H2,1-3H3,(H,27,30). The molecule has 0 aliphatic rings. The van der Waals surface area contributed by atoms with Crippen LogP contribution in [-0.2, 0) is 11.3 Å². The van der Waals surface area contributed by atoms with E-state index in [1.165, 1.54) is 17.3 Å². The lowest BCUT2D eigenvalue weighted by Crippen LogP contribution is -2.23. The number of amides is 1. The monoisotopic (exact) mass is 446 g/mol. The normalized spacial score (nSPS) is 11.2. The van der Waals surface area contributed by atoms with Crippen LogP contribution in [-0.4, -0.2) is 26.2 Å². The number of nitrogens with one attached hydrogen (secondary N) is 2. The number of carbonyl (C=O) groups excluding carboxylic acids is 1. The van der Waals surface area contributed by atoms with Gasteiger partial charge >= 0.3 is 0 Å². The maximum Gasteiger partial charge on any atom is 0.278 e. The number of rotatable bonds is 7. The average Bonchev–Trinajstić information content (AvgIpc) is 3.23. The van der Waals surface area contributed by atoms with E-state index < -0.39 is 0 Å². The summed E-state index contributed by atoms with van der Waals surface area (Å²) in [4.78, 5) is 33.4. The molecule has 7 heteroatoms. The lowest BCUT2D eigenvalue weighted by Gasteiger charge is -2.11. The molecule has 2 heterocycles. The van der Waals surface area contributed by atoms with Crippen molar-refractivity contribution in [1.29, 1.82) is 0 Å². The SMILES string of the molecule is CCn1c(SCC(=O)Nc2ccc(C(C)C)cc2)nc2c(-c3ccccc3)c[nH]c2c1=O. The maximum atomic E-state index is 13.0. The Labute approximate surface area is 191 Å². The molecule has 0 bridgehead atoms. The van der Waals surface area contributed by atoms with E-state index in [4.69, 9.17) is 4.98 Å². The molecule has 6 nitrogen and oxygen atoms in total. The first-order valence-electron chi connectivity index (χ1n) is 10.7. The van der Waals surface area contributed by atoms with E-state index in [0.29, 0.717) is 28.7 Å². The number of fused-ring (bicyclic) bond motifs is 1. The van der Waals surface area contributed by atoms with Gasteiger partial charge in [-0.3, -0.25) is 14.2 Å². The van der Waals surface area contributed by atoms with E-state index in [1.54, 1.807) is 4.57 Å². The summed E-state index contributed by atoms with van der Waals surface area (Å²) in [7, 11) is 0. The second-order valence-corrected chi connectivity index (χ2v) is 8.79. The quantitative estimate of drug-likeness (QED) is 0.300. The van der Waals surface area contributed by atoms with Gasteiger partial charge in [-0.15, -0.1) is 0 Å². The van der Waals surface area contributed by atoms with Crippen molar-refractivity contribution in [1.82, 2.24) is 14.5 Å². The number of aromatic amines is 1. The van der Waals surface area contributed by atoms with Crippen LogP contribution in [0.4, 0.5) is 5.69 Å². The van der Waals surface area contributed by atoms with Crippen molar-refractivity contribution < 1.29 is 4.79 Å². The largest absolute Gasteiger partial charge is 0.355 e. The molecule has 0 saturated carbocycles. The van der Waals surface area contributed by atoms with Gasteiger partial charge in [-0.2, -0.15) is 0 Å². The summed E-state index contributed by atoms with van der Waals surface area (Å²) in [6.45, 7) is 6.64. The number of hydrogen-bond acceptors (Lipinski definition) is 4. The molecule has 4 rings (SSSR count). The Morgan fingerprint density at radius 3 is 2.50 bits per heavy atom. The zero-order valence-corrected chi connectivity index (χ0v) is 19.2. The second kappa shape index (κ2) is 9.44. The summed E-state index contributed by atoms with van der Waals surface area (Å²) in [5.41, 5.74) is 4.81. The Kier molecular flexibility index (Phi) is 6.46. The number of H-pyrrole nitrogens is 1. The van der Waals surface area contributed by atoms with Crippen molar-refractivity contribution in [3.05, 3.63) is 76.7 Å². The lowest BCUT2D eigenvalue weighted by atomic mass is 10.0. The summed E-state index contributed by atoms with van der Waals surface area (Å²) < 4.78 is 1.60. The average molecular weight is 447 g/mol. The van der Waals surface area contributed by atoms with Gasteiger partial charge in [-0.05, 0) is 36.1 Å². The van der Waals surface area contributed by atoms with Crippen LogP contribution in [0.15, 0.2) is 70.7 Å². The number of thioether (sulfide) groups is 1. The summed E-state index contributed by atoms with van der Waals surface area (Å²) >= 11 is 1.27. The molecule has 0 aliphatic carbocycles. The molecule has 0 unspecified atom stereocenters. The highest BCUT2D eigenvalue weighted by Crippen LogP contribution is 2.27. The van der Waals surface area contributed by atoms with E-state index in [-0.39, 0.29) is 17.2 Å². The van der Waals surface area contributed by atoms with Gasteiger partial charge in [0.05, 0.1) is 5.75 Å². The Morgan fingerprint density at radius 1 is 1.12 bits per heavy atom. The molecule has 4 aromatic rings. The van der Waals surface area contributed by atoms with Crippen LogP contribution in [0.3, 0.4) is 0 Å². The van der Waals surface area contributed by atoms with Crippen LogP contribution < -0.4 is 10.9 Å². The molecule has 32 heavy (non-hydrogen) atoms. The maximum absolute atomic E-state index is 13.0. The van der Waals surface area contributed by atoms with Crippen LogP contribution in [0, 0.1) is 0 Å². The highest BCUT2D eigenvalue weighted by atomic mass is 32.2. The minimum Gasteiger partial charge on any atom is -0.355 e. The molecule has 0 atom stereocenters. The number of nitrogens with zero attached hydrogens (tertiary/aromatic N) is 2. The van der Waals surface area contributed by atoms with Crippen LogP contribution in [0.5, 0.6) is 0 Å². The number of aromatic nitrogens is 3. The third kappa shape index (κ3) is 4.48. The molecule has 0 saturated heterocycles. The van der Waals surface area contributed by atoms with E-state index in [9.17, 15) is 9.59 Å². The van der Waals surface area contributed by atoms with Crippen molar-refractivity contribution in [3.63, 3.8) is 0 Å². The predicted octanol–water partition coefficient (Wildman–Crippen LogP) is 5.27. The fourth-order valence-electron chi connectivity index (χ4n) is 3.58. The minimum absolute atomic E-state index is 0.133. The number of carbonyl (C=O) groups is 1. The summed E-state index contributed by atoms with van der Waals surface area (Å²) in [5, 5.41) is 3.45. The third-order valence-electron chi connectivity index (χ3n) is 5.34. The summed E-state index contributed by atoms with van der Waals surface area (Å²) in [5.74, 6) is 0.465. The molecule has 0 fully saturated rings. The van der Waals surface area contributed by atoms with E-state index in [2.05, 4.69) is 24.1 Å². The molecule has 2 aromatic heterocycles. The van der Waals surface area contributed by atoms with E-state index >= 15 is 0 Å². The van der Waals surface area contributed by atoms with E-state index in [1.807, 2.05) is 67.7 Å². The smallest absolute Gasteiger partial charge is 0.278 e. The topological polar surface area (TPSA) is 79.8 Å². The van der Waals surface area contributed by atoms with Gasteiger partial charge in [0, 0.05) is 24.0 Å². The first kappa shape index (κ1) is 21.9. The van der Waals surface area contributed by atoms with Gasteiger partial charge in [0.1, 0.15) is 11.0 Å². The van der Waals surface area contributed by atoms with Gasteiger partial charge in [-0.1, -0.05) is 68.1 Å². The molecule has 0 radical (unpaired) electrons. The third-order valence-corrected chi connectivity index (χ3v) is 6.32. The second-order valence-electron chi connectivity index (χ2n) is 7.85. The Balaban J connectivity index is 1.56. The Bertz CT molecular complexity index is 1290. The summed E-state index contributed by atoms with van der Waals surface area (Å²) in [6, 6.07) is 17.7. The van der Waals surface area contributed by atoms with Crippen molar-refractivity contribution in [2.45, 2.75) is 38.4 Å². The van der Waals surface area contributed by atoms with Crippen molar-refractivity contribution in [3.8, 4) is 11.1 Å². The summed E-state index contributed by atoms with van der Waals surface area (Å²) in [6.07, 6.45) is 1.82. The lowest BCUT2D eigenvalue weighted by molar-refractivity contribution is -0.113. The van der Waals surface area contributed by atoms with Crippen LogP contribution >= 0.6 is 11.8 Å². The minimum atomic E-state index is -0.137. The zero-order valence-electron chi connectivity index (χ0n) is 18.4. The number of hydrogen-bond donors (Lipinski definition) is 2. The Hall–Kier alpha value is -3.32. The fourth-order valence-corrected chi connectivity index (χ4v) is 4.43. The highest BCUT2D eigenvalue weighted by molar-refractivity contribution is 7.99. The van der Waals surface area contributed by atoms with E-state index in [0.717, 1.165) is 16.8 Å². The van der Waals surface area contributed by atoms with Crippen LogP contribution in [0.2, 0.25) is 0 Å². The molecule has 164 valence electrons. The van der Waals surface area contributed by atoms with Crippen LogP contribution in [0.25, 0.3) is 22.2 Å². The van der Waals surface area contributed by atoms with Crippen molar-refractivity contribution in [2.75, 3.05) is 11.1 Å². The van der Waals surface area contributed by atoms with Gasteiger partial charge in [0.2, 0.25) is 5.91 Å². The molecule has 1 amide bonds. The first-order valence-corrected chi connectivity index (χ1v) is 11.7. The van der Waals surface area contributed by atoms with Crippen molar-refractivity contribution >= 4 is 34.4 Å². The fraction of sp³-hybridized carbons (Fsp3) is 0.240. The number of benzene rings is 2. The van der Waals surface area contributed by atoms with Gasteiger partial charge in [0.25, 0.3) is 5.56 Å². The van der Waals surface area contributed by atoms with Crippen molar-refractivity contribution in [2.24, 2.45) is 0 Å². The molecular weight excluding hydrogens is 420 g/mol. The Morgan fingerprint density at radius 2 is 1.84 bits per heavy atom. The van der Waals surface area contributed by atoms with Gasteiger partial charge in [0.15, 0.2) is 5.16 Å². The first-order chi connectivity index (χ1) is 15.5. The molecule has 2 N–H and O–H groups in total. The van der Waals surface area contributed by atoms with Gasteiger partial charge in [-0.25, -0.2) is 4.98 Å². The molecule has 0 aliphatic heterocycles. The highest BCUT2D eigenvalue weighted by Gasteiger charge is 2.17. The molecule has 2 aromatic carbocycles. The molecule has 0 spiro atoms. The zero-order chi connectivity index (χ0) is 22.7. The molecular formula is C25H26N4O2S. The van der Waals surface area contributed by atoms with Crippen LogP contribution in [0.1, 0.15) is 32.3 Å².